The van der Waals surface area contributed by atoms with E-state index in [1.54, 1.807) is 30.9 Å². The Hall–Kier alpha value is -2.49. The van der Waals surface area contributed by atoms with Gasteiger partial charge in [0, 0.05) is 29.7 Å². The summed E-state index contributed by atoms with van der Waals surface area (Å²) >= 11 is 0. The van der Waals surface area contributed by atoms with Crippen molar-refractivity contribution in [2.45, 2.75) is 19.4 Å². The van der Waals surface area contributed by atoms with Crippen LogP contribution >= 0.6 is 0 Å². The molecule has 0 saturated heterocycles. The molecule has 1 aromatic carbocycles. The van der Waals surface area contributed by atoms with Gasteiger partial charge in [-0.05, 0) is 18.6 Å². The summed E-state index contributed by atoms with van der Waals surface area (Å²) in [6, 6.07) is 10.8. The average Bonchev–Trinajstić information content (AvgIpc) is 3.04. The Morgan fingerprint density at radius 1 is 1.19 bits per heavy atom. The van der Waals surface area contributed by atoms with Crippen molar-refractivity contribution in [2.24, 2.45) is 0 Å². The van der Waals surface area contributed by atoms with Gasteiger partial charge in [0.25, 0.3) is 0 Å². The Labute approximate surface area is 123 Å². The number of benzene rings is 1. The van der Waals surface area contributed by atoms with Crippen LogP contribution < -0.4 is 0 Å². The maximum atomic E-state index is 13.8. The standard InChI is InChI=1S/C17H16FN3/c1-2-17(21-10-9-19-12-21)16-8-7-13(11-20-16)14-5-3-4-6-15(14)18/h3-12,17H,2H2,1H3. The zero-order valence-corrected chi connectivity index (χ0v) is 11.8. The lowest BCUT2D eigenvalue weighted by atomic mass is 10.0. The summed E-state index contributed by atoms with van der Waals surface area (Å²) in [4.78, 5) is 8.59. The van der Waals surface area contributed by atoms with E-state index in [1.807, 2.05) is 29.0 Å². The molecule has 2 aromatic heterocycles. The van der Waals surface area contributed by atoms with E-state index in [-0.39, 0.29) is 11.9 Å². The molecule has 0 saturated carbocycles. The molecule has 21 heavy (non-hydrogen) atoms. The molecule has 3 aromatic rings. The molecule has 0 radical (unpaired) electrons. The molecule has 3 nitrogen and oxygen atoms in total. The fourth-order valence-electron chi connectivity index (χ4n) is 2.48. The van der Waals surface area contributed by atoms with Gasteiger partial charge < -0.3 is 4.57 Å². The first-order valence-corrected chi connectivity index (χ1v) is 6.98. The van der Waals surface area contributed by atoms with Crippen molar-refractivity contribution in [3.8, 4) is 11.1 Å². The van der Waals surface area contributed by atoms with E-state index in [4.69, 9.17) is 0 Å². The van der Waals surface area contributed by atoms with Gasteiger partial charge in [-0.1, -0.05) is 31.2 Å². The summed E-state index contributed by atoms with van der Waals surface area (Å²) in [6.07, 6.45) is 8.13. The molecule has 0 aliphatic rings. The predicted molar refractivity (Wildman–Crippen MR) is 80.3 cm³/mol. The first-order chi connectivity index (χ1) is 10.3. The highest BCUT2D eigenvalue weighted by Crippen LogP contribution is 2.25. The van der Waals surface area contributed by atoms with Crippen LogP contribution in [0.5, 0.6) is 0 Å². The number of nitrogens with zero attached hydrogens (tertiary/aromatic N) is 3. The van der Waals surface area contributed by atoms with E-state index in [0.717, 1.165) is 17.7 Å². The summed E-state index contributed by atoms with van der Waals surface area (Å²) < 4.78 is 15.8. The normalized spacial score (nSPS) is 12.3. The van der Waals surface area contributed by atoms with Crippen molar-refractivity contribution in [2.75, 3.05) is 0 Å². The Balaban J connectivity index is 1.92. The summed E-state index contributed by atoms with van der Waals surface area (Å²) in [5, 5.41) is 0. The van der Waals surface area contributed by atoms with Crippen LogP contribution in [0.25, 0.3) is 11.1 Å². The lowest BCUT2D eigenvalue weighted by Crippen LogP contribution is -2.09. The van der Waals surface area contributed by atoms with Gasteiger partial charge in [0.2, 0.25) is 0 Å². The summed E-state index contributed by atoms with van der Waals surface area (Å²) in [5.74, 6) is -0.228. The average molecular weight is 281 g/mol. The number of rotatable bonds is 4. The highest BCUT2D eigenvalue weighted by Gasteiger charge is 2.13. The maximum Gasteiger partial charge on any atom is 0.131 e. The van der Waals surface area contributed by atoms with Crippen molar-refractivity contribution >= 4 is 0 Å². The number of aromatic nitrogens is 3. The first-order valence-electron chi connectivity index (χ1n) is 6.98. The largest absolute Gasteiger partial charge is 0.328 e. The van der Waals surface area contributed by atoms with Gasteiger partial charge in [-0.15, -0.1) is 0 Å². The van der Waals surface area contributed by atoms with Gasteiger partial charge in [-0.25, -0.2) is 9.37 Å². The zero-order valence-electron chi connectivity index (χ0n) is 11.8. The molecule has 2 heterocycles. The van der Waals surface area contributed by atoms with Crippen LogP contribution in [0.1, 0.15) is 25.1 Å². The minimum Gasteiger partial charge on any atom is -0.328 e. The van der Waals surface area contributed by atoms with Crippen molar-refractivity contribution in [3.05, 3.63) is 72.8 Å². The third kappa shape index (κ3) is 2.70. The zero-order chi connectivity index (χ0) is 14.7. The van der Waals surface area contributed by atoms with Gasteiger partial charge in [-0.2, -0.15) is 0 Å². The SMILES string of the molecule is CCC(c1ccc(-c2ccccc2F)cn1)n1ccnc1. The molecule has 0 aliphatic carbocycles. The minimum absolute atomic E-state index is 0.155. The predicted octanol–water partition coefficient (Wildman–Crippen LogP) is 4.08. The molecule has 1 unspecified atom stereocenters. The van der Waals surface area contributed by atoms with E-state index in [0.29, 0.717) is 5.56 Å². The number of halogens is 1. The second kappa shape index (κ2) is 5.87. The van der Waals surface area contributed by atoms with Crippen LogP contribution in [-0.2, 0) is 0 Å². The monoisotopic (exact) mass is 281 g/mol. The Morgan fingerprint density at radius 3 is 2.67 bits per heavy atom. The van der Waals surface area contributed by atoms with Gasteiger partial charge in [0.1, 0.15) is 5.82 Å². The van der Waals surface area contributed by atoms with Gasteiger partial charge in [0.15, 0.2) is 0 Å². The molecule has 1 atom stereocenters. The third-order valence-corrected chi connectivity index (χ3v) is 3.58. The lowest BCUT2D eigenvalue weighted by molar-refractivity contribution is 0.551. The van der Waals surface area contributed by atoms with Gasteiger partial charge in [0.05, 0.1) is 18.1 Å². The second-order valence-electron chi connectivity index (χ2n) is 4.89. The third-order valence-electron chi connectivity index (χ3n) is 3.58. The summed E-state index contributed by atoms with van der Waals surface area (Å²) in [7, 11) is 0. The van der Waals surface area contributed by atoms with Crippen molar-refractivity contribution in [1.29, 1.82) is 0 Å². The minimum atomic E-state index is -0.228. The van der Waals surface area contributed by atoms with Crippen LogP contribution in [0.2, 0.25) is 0 Å². The topological polar surface area (TPSA) is 30.7 Å². The van der Waals surface area contributed by atoms with Crippen LogP contribution in [-0.4, -0.2) is 14.5 Å². The van der Waals surface area contributed by atoms with Crippen molar-refractivity contribution in [1.82, 2.24) is 14.5 Å². The van der Waals surface area contributed by atoms with E-state index in [9.17, 15) is 4.39 Å². The quantitative estimate of drug-likeness (QED) is 0.721. The van der Waals surface area contributed by atoms with E-state index < -0.39 is 0 Å². The number of hydrogen-bond acceptors (Lipinski definition) is 2. The molecule has 0 amide bonds. The van der Waals surface area contributed by atoms with Crippen molar-refractivity contribution in [3.63, 3.8) is 0 Å². The Morgan fingerprint density at radius 2 is 2.05 bits per heavy atom. The molecule has 3 rings (SSSR count). The van der Waals surface area contributed by atoms with E-state index in [1.165, 1.54) is 6.07 Å². The lowest BCUT2D eigenvalue weighted by Gasteiger charge is -2.16. The molecule has 0 N–H and O–H groups in total. The second-order valence-corrected chi connectivity index (χ2v) is 4.89. The van der Waals surface area contributed by atoms with Crippen LogP contribution in [0.4, 0.5) is 4.39 Å². The fourth-order valence-corrected chi connectivity index (χ4v) is 2.48. The number of imidazole rings is 1. The maximum absolute atomic E-state index is 13.8. The fraction of sp³-hybridized carbons (Fsp3) is 0.176. The van der Waals surface area contributed by atoms with Crippen LogP contribution in [0, 0.1) is 5.82 Å². The molecule has 0 aliphatic heterocycles. The molecule has 106 valence electrons. The molecule has 0 fully saturated rings. The highest BCUT2D eigenvalue weighted by atomic mass is 19.1. The van der Waals surface area contributed by atoms with E-state index >= 15 is 0 Å². The summed E-state index contributed by atoms with van der Waals surface area (Å²) in [5.41, 5.74) is 2.32. The number of pyridine rings is 1. The van der Waals surface area contributed by atoms with Crippen LogP contribution in [0.15, 0.2) is 61.3 Å². The molecule has 0 spiro atoms. The van der Waals surface area contributed by atoms with Gasteiger partial charge in [-0.3, -0.25) is 4.98 Å². The Kier molecular flexibility index (Phi) is 3.77. The molecule has 4 heteroatoms. The Bertz CT molecular complexity index is 705. The molecular weight excluding hydrogens is 265 g/mol. The van der Waals surface area contributed by atoms with Gasteiger partial charge >= 0.3 is 0 Å². The van der Waals surface area contributed by atoms with E-state index in [2.05, 4.69) is 16.9 Å². The smallest absolute Gasteiger partial charge is 0.131 e. The van der Waals surface area contributed by atoms with Crippen LogP contribution in [0.3, 0.4) is 0 Å². The first kappa shape index (κ1) is 13.5. The van der Waals surface area contributed by atoms with Crippen molar-refractivity contribution < 1.29 is 4.39 Å². The highest BCUT2D eigenvalue weighted by molar-refractivity contribution is 5.63. The molecule has 0 bridgehead atoms. The molecular formula is C17H16FN3. The summed E-state index contributed by atoms with van der Waals surface area (Å²) in [6.45, 7) is 2.11. The number of hydrogen-bond donors (Lipinski definition) is 0.